The van der Waals surface area contributed by atoms with Crippen LogP contribution in [0.25, 0.3) is 0 Å². The molecule has 0 unspecified atom stereocenters. The minimum atomic E-state index is -3.64. The van der Waals surface area contributed by atoms with Gasteiger partial charge >= 0.3 is 0 Å². The van der Waals surface area contributed by atoms with Gasteiger partial charge in [0.1, 0.15) is 11.5 Å². The predicted octanol–water partition coefficient (Wildman–Crippen LogP) is 3.08. The maximum Gasteiger partial charge on any atom is 0.243 e. The van der Waals surface area contributed by atoms with E-state index in [9.17, 15) is 8.42 Å². The van der Waals surface area contributed by atoms with E-state index in [0.717, 1.165) is 5.76 Å². The van der Waals surface area contributed by atoms with E-state index in [1.165, 1.54) is 23.5 Å². The van der Waals surface area contributed by atoms with Crippen LogP contribution < -0.4 is 0 Å². The fourth-order valence-electron chi connectivity index (χ4n) is 1.98. The number of nitrogens with zero attached hydrogens (tertiary/aromatic N) is 1. The summed E-state index contributed by atoms with van der Waals surface area (Å²) in [6.07, 6.45) is 0. The van der Waals surface area contributed by atoms with Gasteiger partial charge in [-0.1, -0.05) is 11.6 Å². The highest BCUT2D eigenvalue weighted by molar-refractivity contribution is 7.89. The molecule has 0 radical (unpaired) electrons. The lowest BCUT2D eigenvalue weighted by molar-refractivity contribution is 0.175. The number of furan rings is 1. The molecule has 2 rings (SSSR count). The number of halogens is 1. The van der Waals surface area contributed by atoms with Crippen LogP contribution in [-0.2, 0) is 21.3 Å². The molecule has 120 valence electrons. The van der Waals surface area contributed by atoms with Crippen LogP contribution in [0.1, 0.15) is 11.5 Å². The minimum Gasteiger partial charge on any atom is -0.465 e. The highest BCUT2D eigenvalue weighted by atomic mass is 35.5. The summed E-state index contributed by atoms with van der Waals surface area (Å²) in [4.78, 5) is 0.191. The van der Waals surface area contributed by atoms with Crippen molar-refractivity contribution in [3.05, 3.63) is 52.9 Å². The third-order valence-electron chi connectivity index (χ3n) is 3.12. The lowest BCUT2D eigenvalue weighted by Crippen LogP contribution is -2.33. The van der Waals surface area contributed by atoms with Gasteiger partial charge in [0.2, 0.25) is 10.0 Å². The van der Waals surface area contributed by atoms with Crippen molar-refractivity contribution in [2.24, 2.45) is 0 Å². The normalized spacial score (nSPS) is 12.0. The van der Waals surface area contributed by atoms with Crippen LogP contribution in [0.2, 0.25) is 5.02 Å². The molecule has 1 aromatic heterocycles. The summed E-state index contributed by atoms with van der Waals surface area (Å²) in [6.45, 7) is 2.51. The summed E-state index contributed by atoms with van der Waals surface area (Å²) in [6, 6.07) is 9.67. The van der Waals surface area contributed by atoms with Gasteiger partial charge in [-0.05, 0) is 43.3 Å². The van der Waals surface area contributed by atoms with Crippen molar-refractivity contribution in [1.29, 1.82) is 0 Å². The van der Waals surface area contributed by atoms with Crippen LogP contribution in [0.4, 0.5) is 0 Å². The number of sulfonamides is 1. The molecule has 1 heterocycles. The summed E-state index contributed by atoms with van der Waals surface area (Å²) in [5.41, 5.74) is 0. The first kappa shape index (κ1) is 17.0. The van der Waals surface area contributed by atoms with Gasteiger partial charge in [-0.15, -0.1) is 0 Å². The molecule has 0 bridgehead atoms. The highest BCUT2D eigenvalue weighted by Gasteiger charge is 2.25. The Balaban J connectivity index is 2.28. The van der Waals surface area contributed by atoms with Gasteiger partial charge in [-0.25, -0.2) is 8.42 Å². The topological polar surface area (TPSA) is 59.8 Å². The van der Waals surface area contributed by atoms with Gasteiger partial charge < -0.3 is 9.15 Å². The van der Waals surface area contributed by atoms with E-state index in [1.807, 2.05) is 6.92 Å². The second kappa shape index (κ2) is 7.28. The summed E-state index contributed by atoms with van der Waals surface area (Å²) < 4.78 is 37.3. The average Bonchev–Trinajstić information content (AvgIpc) is 2.89. The van der Waals surface area contributed by atoms with Gasteiger partial charge in [0.05, 0.1) is 18.0 Å². The first-order chi connectivity index (χ1) is 10.4. The number of methoxy groups -OCH3 is 1. The zero-order chi connectivity index (χ0) is 16.2. The van der Waals surface area contributed by atoms with E-state index in [-0.39, 0.29) is 18.0 Å². The van der Waals surface area contributed by atoms with Crippen molar-refractivity contribution in [1.82, 2.24) is 4.31 Å². The summed E-state index contributed by atoms with van der Waals surface area (Å²) in [7, 11) is -2.11. The fraction of sp³-hybridized carbons (Fsp3) is 0.333. The van der Waals surface area contributed by atoms with Gasteiger partial charge in [-0.2, -0.15) is 4.31 Å². The molecule has 0 N–H and O–H groups in total. The van der Waals surface area contributed by atoms with Crippen LogP contribution >= 0.6 is 11.6 Å². The van der Waals surface area contributed by atoms with E-state index in [2.05, 4.69) is 0 Å². The van der Waals surface area contributed by atoms with Gasteiger partial charge in [-0.3, -0.25) is 0 Å². The molecule has 0 atom stereocenters. The Morgan fingerprint density at radius 2 is 1.86 bits per heavy atom. The van der Waals surface area contributed by atoms with Crippen molar-refractivity contribution in [2.45, 2.75) is 18.4 Å². The lowest BCUT2D eigenvalue weighted by Gasteiger charge is -2.21. The molecule has 1 aromatic carbocycles. The van der Waals surface area contributed by atoms with E-state index in [4.69, 9.17) is 20.8 Å². The second-order valence-electron chi connectivity index (χ2n) is 4.80. The molecular formula is C15H18ClNO4S. The number of hydrogen-bond donors (Lipinski definition) is 0. The molecule has 0 aliphatic rings. The molecule has 0 aliphatic heterocycles. The maximum atomic E-state index is 12.7. The Hall–Kier alpha value is -1.34. The SMILES string of the molecule is COCCN(Cc1ccc(C)o1)S(=O)(=O)c1ccc(Cl)cc1. The molecule has 0 amide bonds. The summed E-state index contributed by atoms with van der Waals surface area (Å²) >= 11 is 5.81. The van der Waals surface area contributed by atoms with Crippen molar-refractivity contribution in [3.63, 3.8) is 0 Å². The smallest absolute Gasteiger partial charge is 0.243 e. The first-order valence-electron chi connectivity index (χ1n) is 6.73. The predicted molar refractivity (Wildman–Crippen MR) is 84.4 cm³/mol. The third-order valence-corrected chi connectivity index (χ3v) is 5.24. The molecule has 2 aromatic rings. The first-order valence-corrected chi connectivity index (χ1v) is 8.55. The number of hydrogen-bond acceptors (Lipinski definition) is 4. The van der Waals surface area contributed by atoms with Crippen LogP contribution in [0, 0.1) is 6.92 Å². The average molecular weight is 344 g/mol. The number of rotatable bonds is 7. The quantitative estimate of drug-likeness (QED) is 0.775. The lowest BCUT2D eigenvalue weighted by atomic mass is 10.4. The van der Waals surface area contributed by atoms with Gasteiger partial charge in [0.25, 0.3) is 0 Å². The van der Waals surface area contributed by atoms with Crippen molar-refractivity contribution < 1.29 is 17.6 Å². The molecule has 0 spiro atoms. The van der Waals surface area contributed by atoms with Crippen LogP contribution in [0.3, 0.4) is 0 Å². The molecule has 5 nitrogen and oxygen atoms in total. The standard InChI is InChI=1S/C15H18ClNO4S/c1-12-3-6-14(21-12)11-17(9-10-20-2)22(18,19)15-7-4-13(16)5-8-15/h3-8H,9-11H2,1-2H3. The van der Waals surface area contributed by atoms with Crippen molar-refractivity contribution >= 4 is 21.6 Å². The highest BCUT2D eigenvalue weighted by Crippen LogP contribution is 2.21. The molecule has 0 saturated carbocycles. The van der Waals surface area contributed by atoms with E-state index in [1.54, 1.807) is 24.3 Å². The number of benzene rings is 1. The molecule has 0 saturated heterocycles. The maximum absolute atomic E-state index is 12.7. The zero-order valence-electron chi connectivity index (χ0n) is 12.5. The van der Waals surface area contributed by atoms with Crippen molar-refractivity contribution in [2.75, 3.05) is 20.3 Å². The largest absolute Gasteiger partial charge is 0.465 e. The van der Waals surface area contributed by atoms with E-state index in [0.29, 0.717) is 17.4 Å². The molecule has 7 heteroatoms. The molecule has 0 aliphatic carbocycles. The van der Waals surface area contributed by atoms with Crippen LogP contribution in [0.15, 0.2) is 45.7 Å². The number of ether oxygens (including phenoxy) is 1. The van der Waals surface area contributed by atoms with Crippen LogP contribution in [0.5, 0.6) is 0 Å². The summed E-state index contributed by atoms with van der Waals surface area (Å²) in [5.74, 6) is 1.33. The Morgan fingerprint density at radius 1 is 1.18 bits per heavy atom. The Morgan fingerprint density at radius 3 is 2.41 bits per heavy atom. The van der Waals surface area contributed by atoms with Gasteiger partial charge in [0, 0.05) is 18.7 Å². The monoisotopic (exact) mass is 343 g/mol. The molecular weight excluding hydrogens is 326 g/mol. The Labute approximate surface area is 135 Å². The third kappa shape index (κ3) is 4.10. The fourth-order valence-corrected chi connectivity index (χ4v) is 3.49. The second-order valence-corrected chi connectivity index (χ2v) is 7.17. The zero-order valence-corrected chi connectivity index (χ0v) is 14.0. The molecule has 0 fully saturated rings. The number of aryl methyl sites for hydroxylation is 1. The van der Waals surface area contributed by atoms with Gasteiger partial charge in [0.15, 0.2) is 0 Å². The van der Waals surface area contributed by atoms with Crippen LogP contribution in [-0.4, -0.2) is 33.0 Å². The Bertz CT molecular complexity index is 709. The van der Waals surface area contributed by atoms with Crippen molar-refractivity contribution in [3.8, 4) is 0 Å². The summed E-state index contributed by atoms with van der Waals surface area (Å²) in [5, 5.41) is 0.490. The Kier molecular flexibility index (Phi) is 5.63. The molecule has 22 heavy (non-hydrogen) atoms. The minimum absolute atomic E-state index is 0.155. The van der Waals surface area contributed by atoms with E-state index >= 15 is 0 Å². The van der Waals surface area contributed by atoms with E-state index < -0.39 is 10.0 Å².